The van der Waals surface area contributed by atoms with Gasteiger partial charge >= 0.3 is 0 Å². The van der Waals surface area contributed by atoms with Crippen LogP contribution in [0.15, 0.2) is 35.3 Å². The smallest absolute Gasteiger partial charge is 0.116 e. The molecule has 0 aliphatic carbocycles. The number of rotatable bonds is 1. The number of hydrogen-bond acceptors (Lipinski definition) is 2. The highest BCUT2D eigenvalue weighted by molar-refractivity contribution is 5.86. The van der Waals surface area contributed by atoms with Crippen molar-refractivity contribution >= 4 is 11.5 Å². The number of nitrogens with zero attached hydrogens (tertiary/aromatic N) is 2. The number of aliphatic imine (C=N–C) groups is 1. The Bertz CT molecular complexity index is 305. The molecule has 1 aromatic rings. The first-order valence-corrected chi connectivity index (χ1v) is 4.45. The fourth-order valence-electron chi connectivity index (χ4n) is 1.45. The first-order chi connectivity index (χ1) is 6.40. The molecule has 0 radical (unpaired) electrons. The molecule has 68 valence electrons. The Morgan fingerprint density at radius 2 is 2.08 bits per heavy atom. The van der Waals surface area contributed by atoms with Gasteiger partial charge in [0, 0.05) is 20.0 Å². The van der Waals surface area contributed by atoms with Crippen LogP contribution < -0.4 is 10.4 Å². The van der Waals surface area contributed by atoms with Crippen molar-refractivity contribution in [2.24, 2.45) is 4.99 Å². The highest BCUT2D eigenvalue weighted by atomic mass is 15.5. The Morgan fingerprint density at radius 1 is 1.31 bits per heavy atom. The summed E-state index contributed by atoms with van der Waals surface area (Å²) in [4.78, 5) is 4.13. The largest absolute Gasteiger partial charge is 0.286 e. The molecule has 0 bridgehead atoms. The van der Waals surface area contributed by atoms with Gasteiger partial charge in [0.05, 0.1) is 5.69 Å². The van der Waals surface area contributed by atoms with E-state index >= 15 is 0 Å². The average Bonchev–Trinajstić information content (AvgIpc) is 2.67. The molecule has 0 unspecified atom stereocenters. The second-order valence-corrected chi connectivity index (χ2v) is 3.02. The van der Waals surface area contributed by atoms with Crippen LogP contribution in [0.1, 0.15) is 6.42 Å². The van der Waals surface area contributed by atoms with E-state index in [9.17, 15) is 0 Å². The van der Waals surface area contributed by atoms with Gasteiger partial charge in [0.15, 0.2) is 0 Å². The molecule has 0 atom stereocenters. The van der Waals surface area contributed by atoms with Crippen LogP contribution in [-0.2, 0) is 0 Å². The van der Waals surface area contributed by atoms with Crippen molar-refractivity contribution in [3.05, 3.63) is 30.3 Å². The molecule has 13 heavy (non-hydrogen) atoms. The van der Waals surface area contributed by atoms with Crippen molar-refractivity contribution in [3.63, 3.8) is 0 Å². The van der Waals surface area contributed by atoms with Gasteiger partial charge in [-0.25, -0.2) is 0 Å². The second-order valence-electron chi connectivity index (χ2n) is 3.02. The molecule has 0 aromatic heterocycles. The van der Waals surface area contributed by atoms with E-state index in [1.807, 2.05) is 25.2 Å². The summed E-state index contributed by atoms with van der Waals surface area (Å²) in [5, 5.41) is 2.11. The Hall–Kier alpha value is -1.51. The first kappa shape index (κ1) is 8.10. The SMILES string of the molecule is CN=C1CCN(c2ccccc2)N1. The van der Waals surface area contributed by atoms with E-state index < -0.39 is 0 Å². The number of benzene rings is 1. The number of amidine groups is 1. The van der Waals surface area contributed by atoms with Crippen LogP contribution in [0, 0.1) is 0 Å². The van der Waals surface area contributed by atoms with E-state index in [0.29, 0.717) is 0 Å². The fourth-order valence-corrected chi connectivity index (χ4v) is 1.45. The average molecular weight is 175 g/mol. The van der Waals surface area contributed by atoms with Crippen molar-refractivity contribution in [3.8, 4) is 0 Å². The minimum atomic E-state index is 0.997. The molecular formula is C10H13N3. The Kier molecular flexibility index (Phi) is 2.17. The van der Waals surface area contributed by atoms with Crippen molar-refractivity contribution < 1.29 is 0 Å². The van der Waals surface area contributed by atoms with Gasteiger partial charge in [-0.15, -0.1) is 0 Å². The van der Waals surface area contributed by atoms with Crippen molar-refractivity contribution in [1.82, 2.24) is 5.43 Å². The van der Waals surface area contributed by atoms with E-state index in [4.69, 9.17) is 0 Å². The second kappa shape index (κ2) is 3.47. The monoisotopic (exact) mass is 175 g/mol. The summed E-state index contributed by atoms with van der Waals surface area (Å²) < 4.78 is 0. The Balaban J connectivity index is 2.13. The zero-order chi connectivity index (χ0) is 9.10. The number of hydrazine groups is 1. The topological polar surface area (TPSA) is 27.6 Å². The van der Waals surface area contributed by atoms with E-state index in [2.05, 4.69) is 27.6 Å². The molecular weight excluding hydrogens is 162 g/mol. The van der Waals surface area contributed by atoms with Gasteiger partial charge in [-0.1, -0.05) is 18.2 Å². The summed E-state index contributed by atoms with van der Waals surface area (Å²) in [6.07, 6.45) is 1.01. The summed E-state index contributed by atoms with van der Waals surface area (Å²) >= 11 is 0. The Labute approximate surface area is 78.1 Å². The van der Waals surface area contributed by atoms with E-state index in [1.54, 1.807) is 0 Å². The molecule has 3 nitrogen and oxygen atoms in total. The number of anilines is 1. The minimum Gasteiger partial charge on any atom is -0.286 e. The molecule has 1 aromatic carbocycles. The third kappa shape index (κ3) is 1.64. The van der Waals surface area contributed by atoms with E-state index in [0.717, 1.165) is 18.8 Å². The van der Waals surface area contributed by atoms with Gasteiger partial charge in [0.1, 0.15) is 5.84 Å². The van der Waals surface area contributed by atoms with E-state index in [-0.39, 0.29) is 0 Å². The van der Waals surface area contributed by atoms with E-state index in [1.165, 1.54) is 5.69 Å². The van der Waals surface area contributed by atoms with Crippen molar-refractivity contribution in [2.45, 2.75) is 6.42 Å². The molecule has 0 amide bonds. The molecule has 0 spiro atoms. The molecule has 1 heterocycles. The summed E-state index contributed by atoms with van der Waals surface area (Å²) in [6.45, 7) is 0.997. The summed E-state index contributed by atoms with van der Waals surface area (Å²) in [7, 11) is 1.82. The van der Waals surface area contributed by atoms with Gasteiger partial charge in [0.2, 0.25) is 0 Å². The zero-order valence-corrected chi connectivity index (χ0v) is 7.70. The van der Waals surface area contributed by atoms with Crippen LogP contribution in [0.25, 0.3) is 0 Å². The normalized spacial score (nSPS) is 19.2. The van der Waals surface area contributed by atoms with Gasteiger partial charge in [-0.2, -0.15) is 0 Å². The molecule has 1 saturated heterocycles. The lowest BCUT2D eigenvalue weighted by atomic mass is 10.3. The third-order valence-electron chi connectivity index (χ3n) is 2.17. The number of hydrogen-bond donors (Lipinski definition) is 1. The van der Waals surface area contributed by atoms with Crippen LogP contribution in [0.5, 0.6) is 0 Å². The zero-order valence-electron chi connectivity index (χ0n) is 7.70. The Morgan fingerprint density at radius 3 is 2.69 bits per heavy atom. The maximum atomic E-state index is 4.13. The van der Waals surface area contributed by atoms with Gasteiger partial charge in [0.25, 0.3) is 0 Å². The predicted molar refractivity (Wildman–Crippen MR) is 54.9 cm³/mol. The minimum absolute atomic E-state index is 0.997. The summed E-state index contributed by atoms with van der Waals surface area (Å²) in [6, 6.07) is 10.3. The van der Waals surface area contributed by atoms with Gasteiger partial charge in [-0.3, -0.25) is 15.4 Å². The van der Waals surface area contributed by atoms with Gasteiger partial charge in [-0.05, 0) is 12.1 Å². The van der Waals surface area contributed by atoms with Crippen LogP contribution in [0.2, 0.25) is 0 Å². The van der Waals surface area contributed by atoms with Crippen molar-refractivity contribution in [2.75, 3.05) is 18.6 Å². The van der Waals surface area contributed by atoms with Gasteiger partial charge < -0.3 is 0 Å². The number of para-hydroxylation sites is 1. The van der Waals surface area contributed by atoms with Crippen LogP contribution in [0.3, 0.4) is 0 Å². The maximum absolute atomic E-state index is 4.13. The first-order valence-electron chi connectivity index (χ1n) is 4.45. The molecule has 3 heteroatoms. The number of nitrogens with one attached hydrogen (secondary N) is 1. The fraction of sp³-hybridized carbons (Fsp3) is 0.300. The summed E-state index contributed by atoms with van der Waals surface area (Å²) in [5.74, 6) is 1.06. The predicted octanol–water partition coefficient (Wildman–Crippen LogP) is 1.43. The van der Waals surface area contributed by atoms with Crippen LogP contribution >= 0.6 is 0 Å². The standard InChI is InChI=1S/C10H13N3/c1-11-10-7-8-13(12-10)9-5-3-2-4-6-9/h2-6H,7-8H2,1H3,(H,11,12). The lowest BCUT2D eigenvalue weighted by molar-refractivity contribution is 0.857. The molecule has 2 rings (SSSR count). The highest BCUT2D eigenvalue weighted by Crippen LogP contribution is 2.14. The molecule has 1 N–H and O–H groups in total. The molecule has 1 aliphatic heterocycles. The molecule has 0 saturated carbocycles. The maximum Gasteiger partial charge on any atom is 0.116 e. The van der Waals surface area contributed by atoms with Crippen molar-refractivity contribution in [1.29, 1.82) is 0 Å². The lowest BCUT2D eigenvalue weighted by Gasteiger charge is -2.17. The van der Waals surface area contributed by atoms with Crippen LogP contribution in [0.4, 0.5) is 5.69 Å². The lowest BCUT2D eigenvalue weighted by Crippen LogP contribution is -2.32. The quantitative estimate of drug-likeness (QED) is 0.699. The molecule has 1 fully saturated rings. The molecule has 1 aliphatic rings. The highest BCUT2D eigenvalue weighted by Gasteiger charge is 2.15. The summed E-state index contributed by atoms with van der Waals surface area (Å²) in [5.41, 5.74) is 4.44. The third-order valence-corrected chi connectivity index (χ3v) is 2.17. The van der Waals surface area contributed by atoms with Crippen LogP contribution in [-0.4, -0.2) is 19.4 Å².